The smallest absolute Gasteiger partial charge is 0.235 e. The Balaban J connectivity index is 2.38. The molecule has 0 atom stereocenters. The minimum absolute atomic E-state index is 0.436. The summed E-state index contributed by atoms with van der Waals surface area (Å²) in [6.07, 6.45) is 2.55. The van der Waals surface area contributed by atoms with Crippen LogP contribution in [-0.2, 0) is 0 Å². The van der Waals surface area contributed by atoms with Crippen LogP contribution in [0.2, 0.25) is 0 Å². The van der Waals surface area contributed by atoms with Gasteiger partial charge in [0.05, 0.1) is 4.92 Å². The lowest BCUT2D eigenvalue weighted by atomic mass is 9.98. The zero-order chi connectivity index (χ0) is 14.3. The van der Waals surface area contributed by atoms with Crippen molar-refractivity contribution in [2.24, 2.45) is 0 Å². The summed E-state index contributed by atoms with van der Waals surface area (Å²) >= 11 is 0. The fourth-order valence-electron chi connectivity index (χ4n) is 2.70. The molecular formula is C16H14N2O2. The van der Waals surface area contributed by atoms with E-state index in [1.165, 1.54) is 0 Å². The number of nitrogens with zero attached hydrogens (tertiary/aromatic N) is 1. The van der Waals surface area contributed by atoms with Crippen molar-refractivity contribution in [3.05, 3.63) is 63.3 Å². The number of nitrogens with one attached hydrogen (secondary N) is 1. The lowest BCUT2D eigenvalue weighted by molar-refractivity contribution is -0.400. The van der Waals surface area contributed by atoms with E-state index in [9.17, 15) is 10.1 Å². The molecule has 4 nitrogen and oxygen atoms in total. The first-order chi connectivity index (χ1) is 9.58. The van der Waals surface area contributed by atoms with Crippen LogP contribution < -0.4 is 0 Å². The predicted octanol–water partition coefficient (Wildman–Crippen LogP) is 4.19. The molecule has 2 aromatic carbocycles. The molecule has 20 heavy (non-hydrogen) atoms. The number of fused-ring (bicyclic) bond motifs is 3. The van der Waals surface area contributed by atoms with Gasteiger partial charge in [0.25, 0.3) is 0 Å². The van der Waals surface area contributed by atoms with E-state index in [1.807, 2.05) is 38.1 Å². The number of hydrogen-bond acceptors (Lipinski definition) is 2. The quantitative estimate of drug-likeness (QED) is 0.558. The lowest BCUT2D eigenvalue weighted by Crippen LogP contribution is -1.88. The van der Waals surface area contributed by atoms with Gasteiger partial charge in [0.15, 0.2) is 0 Å². The van der Waals surface area contributed by atoms with Gasteiger partial charge in [0.2, 0.25) is 6.20 Å². The zero-order valence-corrected chi connectivity index (χ0v) is 11.3. The molecule has 1 heterocycles. The molecule has 0 radical (unpaired) electrons. The minimum Gasteiger partial charge on any atom is -0.354 e. The summed E-state index contributed by atoms with van der Waals surface area (Å²) in [7, 11) is 0. The summed E-state index contributed by atoms with van der Waals surface area (Å²) in [5.41, 5.74) is 5.22. The van der Waals surface area contributed by atoms with Crippen LogP contribution in [0.1, 0.15) is 16.7 Å². The molecule has 3 rings (SSSR count). The fourth-order valence-corrected chi connectivity index (χ4v) is 2.70. The molecule has 3 aromatic rings. The average molecular weight is 266 g/mol. The number of aromatic nitrogens is 1. The normalized spacial score (nSPS) is 11.7. The Kier molecular flexibility index (Phi) is 2.79. The number of para-hydroxylation sites is 1. The fraction of sp³-hybridized carbons (Fsp3) is 0.125. The highest BCUT2D eigenvalue weighted by atomic mass is 16.6. The molecule has 4 heteroatoms. The highest BCUT2D eigenvalue weighted by Gasteiger charge is 2.11. The minimum atomic E-state index is -0.436. The summed E-state index contributed by atoms with van der Waals surface area (Å²) in [5, 5.41) is 12.8. The maximum absolute atomic E-state index is 10.5. The third-order valence-electron chi connectivity index (χ3n) is 3.66. The van der Waals surface area contributed by atoms with Crippen LogP contribution in [0.25, 0.3) is 27.9 Å². The monoisotopic (exact) mass is 266 g/mol. The topological polar surface area (TPSA) is 58.9 Å². The second-order valence-corrected chi connectivity index (χ2v) is 4.93. The van der Waals surface area contributed by atoms with E-state index in [1.54, 1.807) is 6.08 Å². The van der Waals surface area contributed by atoms with E-state index in [2.05, 4.69) is 11.1 Å². The van der Waals surface area contributed by atoms with Crippen molar-refractivity contribution in [3.8, 4) is 0 Å². The SMILES string of the molecule is Cc1cc(/C=C\[N+](=O)[O-])c(C)c2c1[nH]c1ccccc12. The Morgan fingerprint density at radius 2 is 2.00 bits per heavy atom. The van der Waals surface area contributed by atoms with Gasteiger partial charge in [0, 0.05) is 27.9 Å². The van der Waals surface area contributed by atoms with Crippen molar-refractivity contribution in [1.82, 2.24) is 4.98 Å². The second-order valence-electron chi connectivity index (χ2n) is 4.93. The van der Waals surface area contributed by atoms with Gasteiger partial charge >= 0.3 is 0 Å². The maximum atomic E-state index is 10.5. The van der Waals surface area contributed by atoms with Crippen LogP contribution >= 0.6 is 0 Å². The molecule has 0 fully saturated rings. The predicted molar refractivity (Wildman–Crippen MR) is 81.3 cm³/mol. The summed E-state index contributed by atoms with van der Waals surface area (Å²) < 4.78 is 0. The third kappa shape index (κ3) is 1.86. The van der Waals surface area contributed by atoms with E-state index in [4.69, 9.17) is 0 Å². The molecule has 100 valence electrons. The Labute approximate surface area is 115 Å². The number of rotatable bonds is 2. The largest absolute Gasteiger partial charge is 0.354 e. The van der Waals surface area contributed by atoms with E-state index in [0.29, 0.717) is 0 Å². The molecule has 0 amide bonds. The molecule has 0 spiro atoms. The van der Waals surface area contributed by atoms with E-state index < -0.39 is 4.92 Å². The van der Waals surface area contributed by atoms with Gasteiger partial charge in [-0.2, -0.15) is 0 Å². The van der Waals surface area contributed by atoms with Crippen molar-refractivity contribution in [1.29, 1.82) is 0 Å². The van der Waals surface area contributed by atoms with E-state index in [0.717, 1.165) is 44.7 Å². The van der Waals surface area contributed by atoms with E-state index >= 15 is 0 Å². The van der Waals surface area contributed by atoms with Crippen LogP contribution in [0.15, 0.2) is 36.5 Å². The molecule has 1 N–H and O–H groups in total. The maximum Gasteiger partial charge on any atom is 0.235 e. The molecule has 0 aliphatic rings. The standard InChI is InChI=1S/C16H14N2O2/c1-10-9-12(7-8-18(19)20)11(2)15-13-5-3-4-6-14(13)17-16(10)15/h3-9,17H,1-2H3/b8-7-. The van der Waals surface area contributed by atoms with Crippen molar-refractivity contribution < 1.29 is 4.92 Å². The first-order valence-electron chi connectivity index (χ1n) is 6.40. The first kappa shape index (κ1) is 12.4. The zero-order valence-electron chi connectivity index (χ0n) is 11.3. The number of aromatic amines is 1. The van der Waals surface area contributed by atoms with Gasteiger partial charge in [-0.15, -0.1) is 0 Å². The van der Waals surface area contributed by atoms with Gasteiger partial charge in [-0.1, -0.05) is 18.2 Å². The molecule has 0 aliphatic heterocycles. The van der Waals surface area contributed by atoms with Crippen LogP contribution in [0.5, 0.6) is 0 Å². The van der Waals surface area contributed by atoms with Gasteiger partial charge in [-0.3, -0.25) is 10.1 Å². The van der Waals surface area contributed by atoms with Gasteiger partial charge < -0.3 is 4.98 Å². The van der Waals surface area contributed by atoms with Gasteiger partial charge in [0.1, 0.15) is 0 Å². The molecule has 0 aliphatic carbocycles. The molecule has 1 aromatic heterocycles. The van der Waals surface area contributed by atoms with Gasteiger partial charge in [-0.25, -0.2) is 0 Å². The van der Waals surface area contributed by atoms with Crippen molar-refractivity contribution in [2.45, 2.75) is 13.8 Å². The number of aryl methyl sites for hydroxylation is 2. The summed E-state index contributed by atoms with van der Waals surface area (Å²) in [6, 6.07) is 10.1. The number of benzene rings is 2. The Hall–Kier alpha value is -2.62. The Morgan fingerprint density at radius 3 is 2.75 bits per heavy atom. The van der Waals surface area contributed by atoms with Crippen LogP contribution in [0.3, 0.4) is 0 Å². The molecule has 0 bridgehead atoms. The third-order valence-corrected chi connectivity index (χ3v) is 3.66. The van der Waals surface area contributed by atoms with Gasteiger partial charge in [-0.05, 0) is 42.7 Å². The van der Waals surface area contributed by atoms with Crippen molar-refractivity contribution >= 4 is 27.9 Å². The number of hydrogen-bond donors (Lipinski definition) is 1. The lowest BCUT2D eigenvalue weighted by Gasteiger charge is -2.05. The molecule has 0 saturated heterocycles. The van der Waals surface area contributed by atoms with Crippen molar-refractivity contribution in [2.75, 3.05) is 0 Å². The molecular weight excluding hydrogens is 252 g/mol. The van der Waals surface area contributed by atoms with Crippen LogP contribution in [0, 0.1) is 24.0 Å². The number of nitro groups is 1. The summed E-state index contributed by atoms with van der Waals surface area (Å²) in [4.78, 5) is 13.5. The average Bonchev–Trinajstić information content (AvgIpc) is 2.81. The Bertz CT molecular complexity index is 860. The highest BCUT2D eigenvalue weighted by molar-refractivity contribution is 6.10. The van der Waals surface area contributed by atoms with Crippen LogP contribution in [0.4, 0.5) is 0 Å². The summed E-state index contributed by atoms with van der Waals surface area (Å²) in [5.74, 6) is 0. The van der Waals surface area contributed by atoms with Crippen LogP contribution in [-0.4, -0.2) is 9.91 Å². The first-order valence-corrected chi connectivity index (χ1v) is 6.40. The molecule has 0 unspecified atom stereocenters. The molecule has 0 saturated carbocycles. The summed E-state index contributed by atoms with van der Waals surface area (Å²) in [6.45, 7) is 4.02. The number of H-pyrrole nitrogens is 1. The highest BCUT2D eigenvalue weighted by Crippen LogP contribution is 2.32. The van der Waals surface area contributed by atoms with Crippen molar-refractivity contribution in [3.63, 3.8) is 0 Å². The second kappa shape index (κ2) is 4.49. The van der Waals surface area contributed by atoms with E-state index in [-0.39, 0.29) is 0 Å². The Morgan fingerprint density at radius 1 is 1.25 bits per heavy atom.